The Bertz CT molecular complexity index is 479. The quantitative estimate of drug-likeness (QED) is 0.927. The van der Waals surface area contributed by atoms with E-state index in [0.29, 0.717) is 15.9 Å². The molecule has 1 unspecified atom stereocenters. The van der Waals surface area contributed by atoms with Crippen LogP contribution in [0.2, 0.25) is 5.02 Å². The third-order valence-corrected chi connectivity index (χ3v) is 3.42. The zero-order valence-corrected chi connectivity index (χ0v) is 11.4. The molecule has 1 heterocycles. The summed E-state index contributed by atoms with van der Waals surface area (Å²) < 4.78 is 5.51. The van der Waals surface area contributed by atoms with Crippen LogP contribution in [0.4, 0.5) is 0 Å². The number of amides is 1. The summed E-state index contributed by atoms with van der Waals surface area (Å²) in [6.45, 7) is 2.44. The smallest absolute Gasteiger partial charge is 0.266 e. The Balaban J connectivity index is 1.90. The Labute approximate surface area is 115 Å². The Kier molecular flexibility index (Phi) is 4.49. The molecule has 6 heteroatoms. The van der Waals surface area contributed by atoms with Crippen LogP contribution in [0.3, 0.4) is 0 Å². The van der Waals surface area contributed by atoms with Gasteiger partial charge in [-0.05, 0) is 25.1 Å². The number of thioether (sulfide) groups is 1. The molecule has 0 aromatic heterocycles. The van der Waals surface area contributed by atoms with Crippen molar-refractivity contribution >= 4 is 34.4 Å². The number of nitrogens with one attached hydrogen (secondary N) is 1. The summed E-state index contributed by atoms with van der Waals surface area (Å²) in [7, 11) is 0. The lowest BCUT2D eigenvalue weighted by atomic mass is 10.3. The molecule has 1 aliphatic rings. The average molecular weight is 285 g/mol. The Morgan fingerprint density at radius 3 is 3.11 bits per heavy atom. The molecule has 4 nitrogen and oxygen atoms in total. The fourth-order valence-electron chi connectivity index (χ4n) is 1.42. The van der Waals surface area contributed by atoms with Crippen LogP contribution >= 0.6 is 23.4 Å². The molecular formula is C12H13ClN2O2S. The summed E-state index contributed by atoms with van der Waals surface area (Å²) in [6.07, 6.45) is -0.590. The first-order valence-electron chi connectivity index (χ1n) is 5.55. The number of ether oxygens (including phenoxy) is 1. The zero-order chi connectivity index (χ0) is 13.0. The molecule has 2 rings (SSSR count). The molecule has 1 amide bonds. The summed E-state index contributed by atoms with van der Waals surface area (Å²) in [5.74, 6) is 1.29. The first kappa shape index (κ1) is 13.2. The van der Waals surface area contributed by atoms with Crippen LogP contribution in [-0.2, 0) is 4.79 Å². The number of aliphatic imine (C=N–C) groups is 1. The molecule has 0 saturated carbocycles. The van der Waals surface area contributed by atoms with Gasteiger partial charge >= 0.3 is 0 Å². The first-order valence-corrected chi connectivity index (χ1v) is 6.92. The molecular weight excluding hydrogens is 272 g/mol. The Hall–Kier alpha value is -1.20. The van der Waals surface area contributed by atoms with E-state index in [0.717, 1.165) is 12.3 Å². The molecule has 0 bridgehead atoms. The first-order chi connectivity index (χ1) is 8.65. The third-order valence-electron chi connectivity index (χ3n) is 2.29. The van der Waals surface area contributed by atoms with Crippen LogP contribution in [0.25, 0.3) is 0 Å². The van der Waals surface area contributed by atoms with Crippen LogP contribution < -0.4 is 10.1 Å². The van der Waals surface area contributed by atoms with Gasteiger partial charge in [-0.15, -0.1) is 0 Å². The van der Waals surface area contributed by atoms with E-state index < -0.39 is 6.10 Å². The van der Waals surface area contributed by atoms with Crippen molar-refractivity contribution in [3.8, 4) is 5.75 Å². The summed E-state index contributed by atoms with van der Waals surface area (Å²) >= 11 is 7.38. The van der Waals surface area contributed by atoms with E-state index in [1.807, 2.05) is 0 Å². The van der Waals surface area contributed by atoms with Gasteiger partial charge in [-0.1, -0.05) is 29.4 Å². The van der Waals surface area contributed by atoms with Crippen molar-refractivity contribution in [3.05, 3.63) is 29.3 Å². The van der Waals surface area contributed by atoms with Crippen LogP contribution in [0, 0.1) is 0 Å². The molecule has 1 aromatic carbocycles. The van der Waals surface area contributed by atoms with E-state index in [1.54, 1.807) is 31.2 Å². The lowest BCUT2D eigenvalue weighted by molar-refractivity contribution is -0.125. The largest absolute Gasteiger partial charge is 0.481 e. The summed E-state index contributed by atoms with van der Waals surface area (Å²) in [4.78, 5) is 16.0. The Morgan fingerprint density at radius 2 is 2.44 bits per heavy atom. The topological polar surface area (TPSA) is 50.7 Å². The lowest BCUT2D eigenvalue weighted by Gasteiger charge is -2.14. The third kappa shape index (κ3) is 3.65. The van der Waals surface area contributed by atoms with Crippen molar-refractivity contribution in [1.82, 2.24) is 5.32 Å². The van der Waals surface area contributed by atoms with E-state index in [1.165, 1.54) is 11.8 Å². The normalized spacial score (nSPS) is 16.0. The minimum atomic E-state index is -0.590. The maximum atomic E-state index is 11.8. The monoisotopic (exact) mass is 284 g/mol. The number of amidine groups is 1. The molecule has 1 N–H and O–H groups in total. The highest BCUT2D eigenvalue weighted by Gasteiger charge is 2.18. The molecule has 96 valence electrons. The van der Waals surface area contributed by atoms with Crippen molar-refractivity contribution in [2.45, 2.75) is 13.0 Å². The van der Waals surface area contributed by atoms with E-state index in [4.69, 9.17) is 16.3 Å². The van der Waals surface area contributed by atoms with Gasteiger partial charge < -0.3 is 10.1 Å². The van der Waals surface area contributed by atoms with Gasteiger partial charge in [-0.2, -0.15) is 0 Å². The summed E-state index contributed by atoms with van der Waals surface area (Å²) in [5, 5.41) is 3.98. The van der Waals surface area contributed by atoms with Crippen LogP contribution in [0.5, 0.6) is 5.75 Å². The van der Waals surface area contributed by atoms with E-state index in [-0.39, 0.29) is 5.91 Å². The minimum Gasteiger partial charge on any atom is -0.481 e. The number of halogens is 1. The number of rotatable bonds is 3. The number of carbonyl (C=O) groups excluding carboxylic acids is 1. The Morgan fingerprint density at radius 1 is 1.61 bits per heavy atom. The van der Waals surface area contributed by atoms with Crippen molar-refractivity contribution in [1.29, 1.82) is 0 Å². The average Bonchev–Trinajstić information content (AvgIpc) is 2.81. The van der Waals surface area contributed by atoms with Gasteiger partial charge in [-0.25, -0.2) is 0 Å². The number of benzene rings is 1. The van der Waals surface area contributed by atoms with E-state index in [9.17, 15) is 4.79 Å². The zero-order valence-electron chi connectivity index (χ0n) is 9.85. The highest BCUT2D eigenvalue weighted by Crippen LogP contribution is 2.18. The van der Waals surface area contributed by atoms with Gasteiger partial charge in [0.2, 0.25) is 0 Å². The molecule has 18 heavy (non-hydrogen) atoms. The second-order valence-electron chi connectivity index (χ2n) is 3.74. The molecule has 0 fully saturated rings. The maximum Gasteiger partial charge on any atom is 0.266 e. The van der Waals surface area contributed by atoms with Crippen LogP contribution in [0.1, 0.15) is 6.92 Å². The SMILES string of the molecule is CC(Oc1cccc(Cl)c1)C(=O)NC1=NCCS1. The second kappa shape index (κ2) is 6.11. The standard InChI is InChI=1S/C12H13ClN2O2S/c1-8(11(16)15-12-14-5-6-18-12)17-10-4-2-3-9(13)7-10/h2-4,7-8H,5-6H2,1H3,(H,14,15,16). The molecule has 1 atom stereocenters. The molecule has 0 spiro atoms. The van der Waals surface area contributed by atoms with E-state index >= 15 is 0 Å². The fraction of sp³-hybridized carbons (Fsp3) is 0.333. The molecule has 0 aliphatic carbocycles. The molecule has 1 aromatic rings. The second-order valence-corrected chi connectivity index (χ2v) is 5.26. The van der Waals surface area contributed by atoms with Crippen molar-refractivity contribution in [2.75, 3.05) is 12.3 Å². The highest BCUT2D eigenvalue weighted by atomic mass is 35.5. The molecule has 0 radical (unpaired) electrons. The summed E-state index contributed by atoms with van der Waals surface area (Å²) in [5.41, 5.74) is 0. The van der Waals surface area contributed by atoms with Crippen LogP contribution in [0.15, 0.2) is 29.3 Å². The number of hydrogen-bond acceptors (Lipinski definition) is 4. The van der Waals surface area contributed by atoms with Crippen molar-refractivity contribution < 1.29 is 9.53 Å². The molecule has 0 saturated heterocycles. The number of carbonyl (C=O) groups is 1. The van der Waals surface area contributed by atoms with Crippen LogP contribution in [-0.4, -0.2) is 29.5 Å². The maximum absolute atomic E-state index is 11.8. The fourth-order valence-corrected chi connectivity index (χ4v) is 2.33. The summed E-state index contributed by atoms with van der Waals surface area (Å²) in [6, 6.07) is 6.97. The van der Waals surface area contributed by atoms with Gasteiger partial charge in [0.05, 0.1) is 6.54 Å². The lowest BCUT2D eigenvalue weighted by Crippen LogP contribution is -2.38. The number of nitrogens with zero attached hydrogens (tertiary/aromatic N) is 1. The molecule has 1 aliphatic heterocycles. The van der Waals surface area contributed by atoms with Crippen molar-refractivity contribution in [2.24, 2.45) is 4.99 Å². The minimum absolute atomic E-state index is 0.205. The number of hydrogen-bond donors (Lipinski definition) is 1. The predicted octanol–water partition coefficient (Wildman–Crippen LogP) is 2.33. The van der Waals surface area contributed by atoms with E-state index in [2.05, 4.69) is 10.3 Å². The van der Waals surface area contributed by atoms with Gasteiger partial charge in [0.15, 0.2) is 11.3 Å². The predicted molar refractivity (Wildman–Crippen MR) is 74.4 cm³/mol. The van der Waals surface area contributed by atoms with Gasteiger partial charge in [0, 0.05) is 10.8 Å². The highest BCUT2D eigenvalue weighted by molar-refractivity contribution is 8.14. The van der Waals surface area contributed by atoms with Gasteiger partial charge in [-0.3, -0.25) is 9.79 Å². The van der Waals surface area contributed by atoms with Gasteiger partial charge in [0.1, 0.15) is 5.75 Å². The van der Waals surface area contributed by atoms with Crippen molar-refractivity contribution in [3.63, 3.8) is 0 Å². The van der Waals surface area contributed by atoms with Gasteiger partial charge in [0.25, 0.3) is 5.91 Å².